The number of nitrogens with one attached hydrogen (secondary N) is 2. The van der Waals surface area contributed by atoms with Gasteiger partial charge in [0.1, 0.15) is 0 Å². The zero-order valence-corrected chi connectivity index (χ0v) is 12.7. The molecule has 0 atom stereocenters. The highest BCUT2D eigenvalue weighted by atomic mass is 35.5. The maximum Gasteiger partial charge on any atom is 0.240 e. The molecule has 0 saturated heterocycles. The van der Waals surface area contributed by atoms with Crippen LogP contribution in [0.15, 0.2) is 23.1 Å². The van der Waals surface area contributed by atoms with Gasteiger partial charge >= 0.3 is 0 Å². The average Bonchev–Trinajstić information content (AvgIpc) is 2.38. The molecule has 0 fully saturated rings. The van der Waals surface area contributed by atoms with Crippen molar-refractivity contribution in [1.29, 1.82) is 0 Å². The molecule has 0 saturated carbocycles. The first-order valence-corrected chi connectivity index (χ1v) is 8.01. The number of rotatable bonds is 7. The van der Waals surface area contributed by atoms with E-state index in [2.05, 4.69) is 10.0 Å². The third-order valence-corrected chi connectivity index (χ3v) is 4.38. The third-order valence-electron chi connectivity index (χ3n) is 2.57. The van der Waals surface area contributed by atoms with Crippen molar-refractivity contribution in [3.63, 3.8) is 0 Å². The first-order valence-electron chi connectivity index (χ1n) is 6.15. The minimum atomic E-state index is -3.67. The Balaban J connectivity index is 2.69. The van der Waals surface area contributed by atoms with Crippen LogP contribution in [0.3, 0.4) is 0 Å². The number of sulfonamides is 1. The van der Waals surface area contributed by atoms with E-state index in [-0.39, 0.29) is 30.3 Å². The summed E-state index contributed by atoms with van der Waals surface area (Å²) in [5.74, 6) is -0.202. The van der Waals surface area contributed by atoms with E-state index in [0.29, 0.717) is 17.1 Å². The van der Waals surface area contributed by atoms with Crippen LogP contribution in [0.4, 0.5) is 0 Å². The van der Waals surface area contributed by atoms with Gasteiger partial charge in [0.2, 0.25) is 15.9 Å². The molecule has 1 rings (SSSR count). The van der Waals surface area contributed by atoms with Crippen LogP contribution in [0.2, 0.25) is 5.02 Å². The zero-order valence-electron chi connectivity index (χ0n) is 11.1. The summed E-state index contributed by atoms with van der Waals surface area (Å²) >= 11 is 5.92. The number of amides is 1. The Bertz CT molecular complexity index is 575. The van der Waals surface area contributed by atoms with Crippen molar-refractivity contribution in [3.05, 3.63) is 28.8 Å². The highest BCUT2D eigenvalue weighted by molar-refractivity contribution is 7.89. The van der Waals surface area contributed by atoms with Gasteiger partial charge in [-0.25, -0.2) is 13.1 Å². The van der Waals surface area contributed by atoms with Crippen molar-refractivity contribution in [3.8, 4) is 0 Å². The van der Waals surface area contributed by atoms with Gasteiger partial charge in [0, 0.05) is 31.1 Å². The van der Waals surface area contributed by atoms with Gasteiger partial charge in [-0.3, -0.25) is 4.79 Å². The fourth-order valence-electron chi connectivity index (χ4n) is 1.53. The Kier molecular flexibility index (Phi) is 6.41. The standard InChI is InChI=1S/C12H18ClN3O3S/c1-2-15-12(17)5-6-16-20(18,19)10-4-3-9(8-14)11(13)7-10/h3-4,7,16H,2,5-6,8,14H2,1H3,(H,15,17). The molecule has 8 heteroatoms. The van der Waals surface area contributed by atoms with Gasteiger partial charge in [0.25, 0.3) is 0 Å². The molecule has 1 aromatic carbocycles. The first kappa shape index (κ1) is 16.9. The van der Waals surface area contributed by atoms with Crippen LogP contribution < -0.4 is 15.8 Å². The van der Waals surface area contributed by atoms with Gasteiger partial charge in [0.05, 0.1) is 4.90 Å². The smallest absolute Gasteiger partial charge is 0.240 e. The van der Waals surface area contributed by atoms with Gasteiger partial charge in [0.15, 0.2) is 0 Å². The van der Waals surface area contributed by atoms with Crippen molar-refractivity contribution < 1.29 is 13.2 Å². The number of carbonyl (C=O) groups is 1. The predicted octanol–water partition coefficient (Wildman–Crippen LogP) is 0.603. The van der Waals surface area contributed by atoms with Crippen LogP contribution in [0.25, 0.3) is 0 Å². The summed E-state index contributed by atoms with van der Waals surface area (Å²) in [5.41, 5.74) is 6.13. The van der Waals surface area contributed by atoms with E-state index in [1.807, 2.05) is 0 Å². The van der Waals surface area contributed by atoms with Crippen molar-refractivity contribution in [2.75, 3.05) is 13.1 Å². The maximum atomic E-state index is 12.0. The van der Waals surface area contributed by atoms with E-state index in [1.165, 1.54) is 12.1 Å². The van der Waals surface area contributed by atoms with Crippen LogP contribution in [-0.2, 0) is 21.4 Å². The second kappa shape index (κ2) is 7.58. The van der Waals surface area contributed by atoms with E-state index in [1.54, 1.807) is 13.0 Å². The number of halogens is 1. The molecule has 112 valence electrons. The van der Waals surface area contributed by atoms with Crippen molar-refractivity contribution in [1.82, 2.24) is 10.0 Å². The van der Waals surface area contributed by atoms with Gasteiger partial charge in [-0.05, 0) is 24.6 Å². The number of benzene rings is 1. The largest absolute Gasteiger partial charge is 0.356 e. The first-order chi connectivity index (χ1) is 9.40. The Labute approximate surface area is 123 Å². The molecule has 6 nitrogen and oxygen atoms in total. The van der Waals surface area contributed by atoms with Crippen LogP contribution in [0.1, 0.15) is 18.9 Å². The fraction of sp³-hybridized carbons (Fsp3) is 0.417. The summed E-state index contributed by atoms with van der Waals surface area (Å²) in [5, 5.41) is 2.89. The molecule has 0 unspecified atom stereocenters. The molecule has 0 heterocycles. The molecule has 0 bridgehead atoms. The number of hydrogen-bond acceptors (Lipinski definition) is 4. The van der Waals surface area contributed by atoms with Crippen LogP contribution in [-0.4, -0.2) is 27.4 Å². The quantitative estimate of drug-likeness (QED) is 0.685. The second-order valence-corrected chi connectivity index (χ2v) is 6.23. The molecule has 20 heavy (non-hydrogen) atoms. The topological polar surface area (TPSA) is 101 Å². The molecule has 1 amide bonds. The molecule has 0 aliphatic carbocycles. The number of carbonyl (C=O) groups excluding carboxylic acids is 1. The number of nitrogens with two attached hydrogens (primary N) is 1. The van der Waals surface area contributed by atoms with Gasteiger partial charge in [-0.15, -0.1) is 0 Å². The van der Waals surface area contributed by atoms with Crippen LogP contribution >= 0.6 is 11.6 Å². The summed E-state index contributed by atoms with van der Waals surface area (Å²) < 4.78 is 26.3. The Morgan fingerprint density at radius 2 is 2.10 bits per heavy atom. The van der Waals surface area contributed by atoms with Crippen LogP contribution in [0.5, 0.6) is 0 Å². The Morgan fingerprint density at radius 3 is 2.65 bits per heavy atom. The molecular weight excluding hydrogens is 302 g/mol. The predicted molar refractivity (Wildman–Crippen MR) is 77.8 cm³/mol. The lowest BCUT2D eigenvalue weighted by Crippen LogP contribution is -2.30. The van der Waals surface area contributed by atoms with E-state index >= 15 is 0 Å². The molecule has 0 aromatic heterocycles. The lowest BCUT2D eigenvalue weighted by molar-refractivity contribution is -0.120. The summed E-state index contributed by atoms with van der Waals surface area (Å²) in [6.07, 6.45) is 0.0850. The van der Waals surface area contributed by atoms with Crippen LogP contribution in [0, 0.1) is 0 Å². The normalized spacial score (nSPS) is 11.3. The molecule has 4 N–H and O–H groups in total. The van der Waals surface area contributed by atoms with Crippen molar-refractivity contribution in [2.45, 2.75) is 24.8 Å². The minimum Gasteiger partial charge on any atom is -0.356 e. The SMILES string of the molecule is CCNC(=O)CCNS(=O)(=O)c1ccc(CN)c(Cl)c1. The lowest BCUT2D eigenvalue weighted by Gasteiger charge is -2.08. The van der Waals surface area contributed by atoms with E-state index in [9.17, 15) is 13.2 Å². The molecule has 1 aromatic rings. The van der Waals surface area contributed by atoms with Gasteiger partial charge in [-0.2, -0.15) is 0 Å². The third kappa shape index (κ3) is 4.75. The molecule has 0 radical (unpaired) electrons. The minimum absolute atomic E-state index is 0.0322. The molecule has 0 aliphatic heterocycles. The van der Waals surface area contributed by atoms with E-state index in [0.717, 1.165) is 0 Å². The maximum absolute atomic E-state index is 12.0. The molecule has 0 aliphatic rings. The summed E-state index contributed by atoms with van der Waals surface area (Å²) in [7, 11) is -3.67. The highest BCUT2D eigenvalue weighted by Crippen LogP contribution is 2.20. The highest BCUT2D eigenvalue weighted by Gasteiger charge is 2.15. The zero-order chi connectivity index (χ0) is 15.2. The summed E-state index contributed by atoms with van der Waals surface area (Å²) in [6.45, 7) is 2.58. The lowest BCUT2D eigenvalue weighted by atomic mass is 10.2. The molecule has 0 spiro atoms. The van der Waals surface area contributed by atoms with E-state index in [4.69, 9.17) is 17.3 Å². The summed E-state index contributed by atoms with van der Waals surface area (Å²) in [6, 6.07) is 4.35. The summed E-state index contributed by atoms with van der Waals surface area (Å²) in [4.78, 5) is 11.3. The van der Waals surface area contributed by atoms with Crippen molar-refractivity contribution in [2.24, 2.45) is 5.73 Å². The number of hydrogen-bond donors (Lipinski definition) is 3. The Morgan fingerprint density at radius 1 is 1.40 bits per heavy atom. The Hall–Kier alpha value is -1.15. The van der Waals surface area contributed by atoms with Gasteiger partial charge < -0.3 is 11.1 Å². The van der Waals surface area contributed by atoms with Gasteiger partial charge in [-0.1, -0.05) is 17.7 Å². The fourth-order valence-corrected chi connectivity index (χ4v) is 2.91. The second-order valence-electron chi connectivity index (χ2n) is 4.06. The van der Waals surface area contributed by atoms with E-state index < -0.39 is 10.0 Å². The molecular formula is C12H18ClN3O3S. The monoisotopic (exact) mass is 319 g/mol. The average molecular weight is 320 g/mol. The van der Waals surface area contributed by atoms with Crippen molar-refractivity contribution >= 4 is 27.5 Å².